The number of phenols is 1. The second-order valence-electron chi connectivity index (χ2n) is 5.86. The zero-order chi connectivity index (χ0) is 15.4. The number of benzene rings is 1. The van der Waals surface area contributed by atoms with Gasteiger partial charge in [-0.05, 0) is 25.8 Å². The van der Waals surface area contributed by atoms with Gasteiger partial charge in [-0.25, -0.2) is 0 Å². The standard InChI is InChI=1S/C16H16O5/c1-16(20)4-3-9-11(7-16)14(18)10-5-8(21-2)6-12(17)13(10)15(9)19/h5-6,17,20H,3-4,7H2,1-2H3. The summed E-state index contributed by atoms with van der Waals surface area (Å²) in [5, 5.41) is 20.2. The van der Waals surface area contributed by atoms with Crippen LogP contribution in [0.25, 0.3) is 0 Å². The highest BCUT2D eigenvalue weighted by molar-refractivity contribution is 6.28. The van der Waals surface area contributed by atoms with Crippen LogP contribution in [-0.4, -0.2) is 34.5 Å². The number of aromatic hydroxyl groups is 1. The topological polar surface area (TPSA) is 83.8 Å². The van der Waals surface area contributed by atoms with E-state index in [9.17, 15) is 19.8 Å². The van der Waals surface area contributed by atoms with E-state index in [1.807, 2.05) is 0 Å². The number of rotatable bonds is 1. The van der Waals surface area contributed by atoms with E-state index < -0.39 is 5.60 Å². The number of allylic oxidation sites excluding steroid dienone is 1. The Bertz CT molecular complexity index is 697. The van der Waals surface area contributed by atoms with Gasteiger partial charge in [0, 0.05) is 29.2 Å². The van der Waals surface area contributed by atoms with Crippen molar-refractivity contribution in [2.45, 2.75) is 31.8 Å². The molecule has 0 heterocycles. The smallest absolute Gasteiger partial charge is 0.193 e. The van der Waals surface area contributed by atoms with Crippen LogP contribution in [0.4, 0.5) is 0 Å². The van der Waals surface area contributed by atoms with Crippen LogP contribution in [0, 0.1) is 0 Å². The maximum atomic E-state index is 12.6. The molecule has 110 valence electrons. The highest BCUT2D eigenvalue weighted by atomic mass is 16.5. The number of carbonyl (C=O) groups excluding carboxylic acids is 2. The minimum atomic E-state index is -0.979. The second kappa shape index (κ2) is 4.43. The molecule has 0 amide bonds. The summed E-state index contributed by atoms with van der Waals surface area (Å²) in [6, 6.07) is 2.79. The summed E-state index contributed by atoms with van der Waals surface area (Å²) < 4.78 is 5.03. The maximum absolute atomic E-state index is 12.6. The van der Waals surface area contributed by atoms with Crippen LogP contribution in [0.3, 0.4) is 0 Å². The first-order chi connectivity index (χ1) is 9.84. The van der Waals surface area contributed by atoms with Crippen molar-refractivity contribution < 1.29 is 24.5 Å². The molecule has 0 aromatic heterocycles. The molecule has 2 N–H and O–H groups in total. The normalized spacial score (nSPS) is 24.7. The number of ketones is 2. The van der Waals surface area contributed by atoms with Gasteiger partial charge in [-0.15, -0.1) is 0 Å². The van der Waals surface area contributed by atoms with Gasteiger partial charge >= 0.3 is 0 Å². The summed E-state index contributed by atoms with van der Waals surface area (Å²) in [6.45, 7) is 1.66. The number of Topliss-reactive ketones (excluding diaryl/α,β-unsaturated/α-hetero) is 2. The van der Waals surface area contributed by atoms with Crippen LogP contribution in [0.5, 0.6) is 11.5 Å². The lowest BCUT2D eigenvalue weighted by Gasteiger charge is -2.33. The molecule has 0 radical (unpaired) electrons. The average molecular weight is 288 g/mol. The number of fused-ring (bicyclic) bond motifs is 1. The number of hydrogen-bond acceptors (Lipinski definition) is 5. The van der Waals surface area contributed by atoms with Crippen molar-refractivity contribution in [2.24, 2.45) is 0 Å². The predicted octanol–water partition coefficient (Wildman–Crippen LogP) is 2.01. The van der Waals surface area contributed by atoms with Crippen molar-refractivity contribution in [2.75, 3.05) is 7.11 Å². The van der Waals surface area contributed by atoms with E-state index in [4.69, 9.17) is 4.74 Å². The first kappa shape index (κ1) is 13.8. The molecular weight excluding hydrogens is 272 g/mol. The molecule has 1 aromatic carbocycles. The van der Waals surface area contributed by atoms with Gasteiger partial charge in [0.25, 0.3) is 0 Å². The third-order valence-corrected chi connectivity index (χ3v) is 4.18. The first-order valence-corrected chi connectivity index (χ1v) is 6.79. The number of methoxy groups -OCH3 is 1. The highest BCUT2D eigenvalue weighted by Gasteiger charge is 2.40. The lowest BCUT2D eigenvalue weighted by atomic mass is 9.72. The number of ether oxygens (including phenoxy) is 1. The third-order valence-electron chi connectivity index (χ3n) is 4.18. The van der Waals surface area contributed by atoms with Gasteiger partial charge in [0.1, 0.15) is 11.5 Å². The lowest BCUT2D eigenvalue weighted by molar-refractivity contribution is 0.0432. The van der Waals surface area contributed by atoms with Gasteiger partial charge in [0.05, 0.1) is 18.3 Å². The molecule has 2 aliphatic rings. The van der Waals surface area contributed by atoms with Gasteiger partial charge in [-0.1, -0.05) is 0 Å². The highest BCUT2D eigenvalue weighted by Crippen LogP contribution is 2.42. The van der Waals surface area contributed by atoms with E-state index in [1.165, 1.54) is 19.2 Å². The van der Waals surface area contributed by atoms with Gasteiger partial charge in [0.2, 0.25) is 0 Å². The van der Waals surface area contributed by atoms with Gasteiger partial charge in [-0.2, -0.15) is 0 Å². The summed E-state index contributed by atoms with van der Waals surface area (Å²) in [6.07, 6.45) is 0.930. The quantitative estimate of drug-likeness (QED) is 0.826. The van der Waals surface area contributed by atoms with Crippen molar-refractivity contribution in [1.29, 1.82) is 0 Å². The van der Waals surface area contributed by atoms with Gasteiger partial charge < -0.3 is 14.9 Å². The number of phenolic OH excluding ortho intramolecular Hbond substituents is 1. The summed E-state index contributed by atoms with van der Waals surface area (Å²) in [4.78, 5) is 25.2. The van der Waals surface area contributed by atoms with Crippen molar-refractivity contribution in [3.63, 3.8) is 0 Å². The van der Waals surface area contributed by atoms with Crippen molar-refractivity contribution in [3.8, 4) is 11.5 Å². The molecule has 0 fully saturated rings. The van der Waals surface area contributed by atoms with Crippen LogP contribution in [0.15, 0.2) is 23.3 Å². The molecule has 1 atom stereocenters. The van der Waals surface area contributed by atoms with E-state index in [1.54, 1.807) is 6.92 Å². The second-order valence-corrected chi connectivity index (χ2v) is 5.86. The van der Waals surface area contributed by atoms with Crippen LogP contribution >= 0.6 is 0 Å². The van der Waals surface area contributed by atoms with Crippen molar-refractivity contribution in [3.05, 3.63) is 34.4 Å². The fourth-order valence-electron chi connectivity index (χ4n) is 3.04. The van der Waals surface area contributed by atoms with Crippen molar-refractivity contribution in [1.82, 2.24) is 0 Å². The Morgan fingerprint density at radius 1 is 1.19 bits per heavy atom. The Hall–Kier alpha value is -2.14. The molecule has 0 saturated carbocycles. The molecule has 0 saturated heterocycles. The SMILES string of the molecule is COc1cc(O)c2c(c1)C(=O)C1=C(CCC(C)(O)C1)C2=O. The van der Waals surface area contributed by atoms with Gasteiger partial charge in [-0.3, -0.25) is 9.59 Å². The van der Waals surface area contributed by atoms with Crippen LogP contribution < -0.4 is 4.74 Å². The molecule has 5 heteroatoms. The Morgan fingerprint density at radius 3 is 2.57 bits per heavy atom. The fourth-order valence-corrected chi connectivity index (χ4v) is 3.04. The molecule has 0 aliphatic heterocycles. The van der Waals surface area contributed by atoms with E-state index in [2.05, 4.69) is 0 Å². The van der Waals surface area contributed by atoms with E-state index in [0.29, 0.717) is 29.7 Å². The van der Waals surface area contributed by atoms with Crippen LogP contribution in [0.2, 0.25) is 0 Å². The number of carbonyl (C=O) groups is 2. The lowest BCUT2D eigenvalue weighted by Crippen LogP contribution is -2.35. The summed E-state index contributed by atoms with van der Waals surface area (Å²) >= 11 is 0. The fraction of sp³-hybridized carbons (Fsp3) is 0.375. The Kier molecular flexibility index (Phi) is 2.92. The average Bonchev–Trinajstić information content (AvgIpc) is 2.42. The molecule has 3 rings (SSSR count). The third kappa shape index (κ3) is 2.05. The van der Waals surface area contributed by atoms with E-state index in [0.717, 1.165) is 0 Å². The van der Waals surface area contributed by atoms with Crippen LogP contribution in [0.1, 0.15) is 46.9 Å². The predicted molar refractivity (Wildman–Crippen MR) is 74.8 cm³/mol. The Balaban J connectivity index is 2.19. The molecule has 2 aliphatic carbocycles. The van der Waals surface area contributed by atoms with E-state index >= 15 is 0 Å². The maximum Gasteiger partial charge on any atom is 0.193 e. The monoisotopic (exact) mass is 288 g/mol. The zero-order valence-electron chi connectivity index (χ0n) is 11.9. The molecule has 0 bridgehead atoms. The Morgan fingerprint density at radius 2 is 1.90 bits per heavy atom. The molecule has 0 spiro atoms. The first-order valence-electron chi connectivity index (χ1n) is 6.79. The number of aliphatic hydroxyl groups is 1. The van der Waals surface area contributed by atoms with E-state index in [-0.39, 0.29) is 34.9 Å². The van der Waals surface area contributed by atoms with Gasteiger partial charge in [0.15, 0.2) is 11.6 Å². The summed E-state index contributed by atoms with van der Waals surface area (Å²) in [5.41, 5.74) is -0.0158. The largest absolute Gasteiger partial charge is 0.507 e. The zero-order valence-corrected chi connectivity index (χ0v) is 11.9. The minimum absolute atomic E-state index is 0.0427. The Labute approximate surface area is 121 Å². The molecule has 5 nitrogen and oxygen atoms in total. The van der Waals surface area contributed by atoms with Crippen molar-refractivity contribution >= 4 is 11.6 Å². The molecule has 21 heavy (non-hydrogen) atoms. The van der Waals surface area contributed by atoms with Crippen LogP contribution in [-0.2, 0) is 0 Å². The molecule has 1 aromatic rings. The summed E-state index contributed by atoms with van der Waals surface area (Å²) in [7, 11) is 1.42. The molecular formula is C16H16O5. The minimum Gasteiger partial charge on any atom is -0.507 e. The molecule has 1 unspecified atom stereocenters. The summed E-state index contributed by atoms with van der Waals surface area (Å²) in [5.74, 6) is -0.561. The number of hydrogen-bond donors (Lipinski definition) is 2.